The molecule has 3 nitrogen and oxygen atoms in total. The van der Waals surface area contributed by atoms with Crippen LogP contribution in [0.2, 0.25) is 0 Å². The summed E-state index contributed by atoms with van der Waals surface area (Å²) in [6, 6.07) is 8.08. The van der Waals surface area contributed by atoms with Crippen LogP contribution in [0.25, 0.3) is 0 Å². The highest BCUT2D eigenvalue weighted by Crippen LogP contribution is 2.33. The Bertz CT molecular complexity index is 486. The van der Waals surface area contributed by atoms with E-state index in [0.717, 1.165) is 30.5 Å². The fourth-order valence-electron chi connectivity index (χ4n) is 3.29. The molecule has 2 N–H and O–H groups in total. The number of nitrogens with two attached hydrogens (primary N) is 1. The number of anilines is 1. The molecule has 0 bridgehead atoms. The molecular formula is C17H26N2O. The average Bonchev–Trinajstić information content (AvgIpc) is 2.39. The Morgan fingerprint density at radius 3 is 2.85 bits per heavy atom. The van der Waals surface area contributed by atoms with Crippen molar-refractivity contribution in [2.24, 2.45) is 11.7 Å². The van der Waals surface area contributed by atoms with E-state index in [9.17, 15) is 4.79 Å². The molecule has 0 aromatic heterocycles. The summed E-state index contributed by atoms with van der Waals surface area (Å²) in [5.74, 6) is 0.617. The van der Waals surface area contributed by atoms with Gasteiger partial charge >= 0.3 is 0 Å². The van der Waals surface area contributed by atoms with Gasteiger partial charge in [0, 0.05) is 12.2 Å². The molecule has 110 valence electrons. The van der Waals surface area contributed by atoms with Gasteiger partial charge in [-0.2, -0.15) is 0 Å². The second-order valence-electron chi connectivity index (χ2n) is 6.25. The van der Waals surface area contributed by atoms with Gasteiger partial charge in [0.2, 0.25) is 5.91 Å². The highest BCUT2D eigenvalue weighted by molar-refractivity contribution is 6.00. The van der Waals surface area contributed by atoms with Gasteiger partial charge in [-0.05, 0) is 50.3 Å². The van der Waals surface area contributed by atoms with Crippen molar-refractivity contribution in [1.82, 2.24) is 0 Å². The summed E-state index contributed by atoms with van der Waals surface area (Å²) < 4.78 is 0. The van der Waals surface area contributed by atoms with Crippen LogP contribution in [0, 0.1) is 12.8 Å². The smallest absolute Gasteiger partial charge is 0.247 e. The van der Waals surface area contributed by atoms with Crippen LogP contribution in [-0.4, -0.2) is 18.0 Å². The van der Waals surface area contributed by atoms with Gasteiger partial charge in [-0.25, -0.2) is 0 Å². The first kappa shape index (κ1) is 15.0. The van der Waals surface area contributed by atoms with E-state index >= 15 is 0 Å². The number of aryl methyl sites for hydroxylation is 1. The monoisotopic (exact) mass is 274 g/mol. The highest BCUT2D eigenvalue weighted by Gasteiger charge is 2.40. The van der Waals surface area contributed by atoms with E-state index in [-0.39, 0.29) is 5.91 Å². The molecule has 0 radical (unpaired) electrons. The highest BCUT2D eigenvalue weighted by atomic mass is 16.2. The number of carbonyl (C=O) groups excluding carboxylic acids is 1. The Morgan fingerprint density at radius 2 is 2.25 bits per heavy atom. The maximum atomic E-state index is 12.9. The Hall–Kier alpha value is -1.35. The fraction of sp³-hybridized carbons (Fsp3) is 0.588. The molecule has 0 heterocycles. The lowest BCUT2D eigenvalue weighted by molar-refractivity contribution is -0.125. The van der Waals surface area contributed by atoms with Gasteiger partial charge in [0.05, 0.1) is 5.54 Å². The molecule has 1 fully saturated rings. The number of benzene rings is 1. The molecule has 2 unspecified atom stereocenters. The quantitative estimate of drug-likeness (QED) is 0.919. The molecule has 1 aliphatic carbocycles. The Morgan fingerprint density at radius 1 is 1.50 bits per heavy atom. The van der Waals surface area contributed by atoms with Crippen molar-refractivity contribution in [3.8, 4) is 0 Å². The molecule has 1 aromatic carbocycles. The number of nitrogens with zero attached hydrogens (tertiary/aromatic N) is 1. The molecule has 0 aliphatic heterocycles. The first-order valence-electron chi connectivity index (χ1n) is 7.64. The van der Waals surface area contributed by atoms with E-state index in [2.05, 4.69) is 13.0 Å². The normalized spacial score (nSPS) is 26.3. The predicted octanol–water partition coefficient (Wildman–Crippen LogP) is 3.26. The summed E-state index contributed by atoms with van der Waals surface area (Å²) in [6.07, 6.45) is 3.84. The van der Waals surface area contributed by atoms with Gasteiger partial charge in [-0.15, -0.1) is 0 Å². The SMILES string of the molecule is CCN(C(=O)C1(N)CCCC(C)C1)c1cccc(C)c1. The minimum atomic E-state index is -0.683. The lowest BCUT2D eigenvalue weighted by Gasteiger charge is -2.39. The van der Waals surface area contributed by atoms with Crippen molar-refractivity contribution < 1.29 is 4.79 Å². The standard InChI is InChI=1S/C17H26N2O/c1-4-19(15-9-5-7-13(2)11-15)16(20)17(18)10-6-8-14(3)12-17/h5,7,9,11,14H,4,6,8,10,12,18H2,1-3H3. The summed E-state index contributed by atoms with van der Waals surface area (Å²) in [4.78, 5) is 14.7. The fourth-order valence-corrected chi connectivity index (χ4v) is 3.29. The molecule has 20 heavy (non-hydrogen) atoms. The molecule has 1 saturated carbocycles. The molecule has 3 heteroatoms. The van der Waals surface area contributed by atoms with Crippen LogP contribution in [0.5, 0.6) is 0 Å². The molecule has 0 saturated heterocycles. The summed E-state index contributed by atoms with van der Waals surface area (Å²) in [6.45, 7) is 6.91. The van der Waals surface area contributed by atoms with E-state index in [1.165, 1.54) is 6.42 Å². The summed E-state index contributed by atoms with van der Waals surface area (Å²) >= 11 is 0. The van der Waals surface area contributed by atoms with E-state index < -0.39 is 5.54 Å². The second kappa shape index (κ2) is 5.96. The third kappa shape index (κ3) is 3.04. The number of likely N-dealkylation sites (N-methyl/N-ethyl adjacent to an activating group) is 1. The number of carbonyl (C=O) groups is 1. The number of amides is 1. The lowest BCUT2D eigenvalue weighted by atomic mass is 9.76. The Kier molecular flexibility index (Phi) is 4.48. The van der Waals surface area contributed by atoms with Crippen LogP contribution < -0.4 is 10.6 Å². The van der Waals surface area contributed by atoms with Gasteiger partial charge in [0.15, 0.2) is 0 Å². The van der Waals surface area contributed by atoms with E-state index in [1.807, 2.05) is 36.9 Å². The third-order valence-corrected chi connectivity index (χ3v) is 4.33. The van der Waals surface area contributed by atoms with Gasteiger partial charge in [0.1, 0.15) is 0 Å². The van der Waals surface area contributed by atoms with Crippen LogP contribution in [0.1, 0.15) is 45.1 Å². The van der Waals surface area contributed by atoms with Crippen molar-refractivity contribution >= 4 is 11.6 Å². The first-order valence-corrected chi connectivity index (χ1v) is 7.64. The molecule has 2 atom stereocenters. The van der Waals surface area contributed by atoms with Crippen LogP contribution in [0.4, 0.5) is 5.69 Å². The van der Waals surface area contributed by atoms with Crippen LogP contribution in [0.3, 0.4) is 0 Å². The number of hydrogen-bond donors (Lipinski definition) is 1. The Labute approximate surface area is 122 Å². The van der Waals surface area contributed by atoms with Gasteiger partial charge in [-0.1, -0.05) is 31.9 Å². The molecule has 1 aromatic rings. The van der Waals surface area contributed by atoms with E-state index in [4.69, 9.17) is 5.73 Å². The minimum Gasteiger partial charge on any atom is -0.317 e. The first-order chi connectivity index (χ1) is 9.46. The van der Waals surface area contributed by atoms with Crippen molar-refractivity contribution in [2.45, 2.75) is 52.0 Å². The molecule has 1 aliphatic rings. The van der Waals surface area contributed by atoms with Crippen molar-refractivity contribution in [3.05, 3.63) is 29.8 Å². The van der Waals surface area contributed by atoms with Crippen LogP contribution in [0.15, 0.2) is 24.3 Å². The zero-order valence-electron chi connectivity index (χ0n) is 12.9. The second-order valence-corrected chi connectivity index (χ2v) is 6.25. The van der Waals surface area contributed by atoms with Crippen molar-refractivity contribution in [2.75, 3.05) is 11.4 Å². The molecule has 1 amide bonds. The average molecular weight is 274 g/mol. The molecule has 2 rings (SSSR count). The summed E-state index contributed by atoms with van der Waals surface area (Å²) in [7, 11) is 0. The minimum absolute atomic E-state index is 0.0807. The number of hydrogen-bond acceptors (Lipinski definition) is 2. The van der Waals surface area contributed by atoms with E-state index in [1.54, 1.807) is 0 Å². The van der Waals surface area contributed by atoms with Gasteiger partial charge < -0.3 is 10.6 Å². The van der Waals surface area contributed by atoms with Gasteiger partial charge in [0.25, 0.3) is 0 Å². The van der Waals surface area contributed by atoms with Crippen molar-refractivity contribution in [3.63, 3.8) is 0 Å². The predicted molar refractivity (Wildman–Crippen MR) is 83.8 cm³/mol. The van der Waals surface area contributed by atoms with Crippen LogP contribution in [-0.2, 0) is 4.79 Å². The summed E-state index contributed by atoms with van der Waals surface area (Å²) in [5.41, 5.74) is 7.89. The topological polar surface area (TPSA) is 46.3 Å². The van der Waals surface area contributed by atoms with Crippen molar-refractivity contribution in [1.29, 1.82) is 0 Å². The largest absolute Gasteiger partial charge is 0.317 e. The molecule has 0 spiro atoms. The zero-order chi connectivity index (χ0) is 14.8. The van der Waals surface area contributed by atoms with E-state index in [0.29, 0.717) is 12.5 Å². The Balaban J connectivity index is 2.25. The zero-order valence-corrected chi connectivity index (χ0v) is 12.9. The maximum Gasteiger partial charge on any atom is 0.247 e. The van der Waals surface area contributed by atoms with Gasteiger partial charge in [-0.3, -0.25) is 4.79 Å². The third-order valence-electron chi connectivity index (χ3n) is 4.33. The maximum absolute atomic E-state index is 12.9. The van der Waals surface area contributed by atoms with Crippen LogP contribution >= 0.6 is 0 Å². The summed E-state index contributed by atoms with van der Waals surface area (Å²) in [5, 5.41) is 0. The lowest BCUT2D eigenvalue weighted by Crippen LogP contribution is -2.57. The molecular weight excluding hydrogens is 248 g/mol. The number of rotatable bonds is 3.